The third-order valence-electron chi connectivity index (χ3n) is 1.82. The fourth-order valence-electron chi connectivity index (χ4n) is 1.04. The normalized spacial score (nSPS) is 10.1. The Hall–Kier alpha value is -1.85. The van der Waals surface area contributed by atoms with Crippen LogP contribution in [0.5, 0.6) is 0 Å². The van der Waals surface area contributed by atoms with E-state index in [1.165, 1.54) is 23.9 Å². The molecular weight excluding hydrogens is 186 g/mol. The maximum absolute atomic E-state index is 11.4. The smallest absolute Gasteiger partial charge is 0.330 e. The molecule has 6 heteroatoms. The SMILES string of the molecule is Cn1ccc(=O)n(CCC(N)=O)c1=O. The van der Waals surface area contributed by atoms with Gasteiger partial charge < -0.3 is 10.3 Å². The van der Waals surface area contributed by atoms with Crippen molar-refractivity contribution in [1.82, 2.24) is 9.13 Å². The van der Waals surface area contributed by atoms with Gasteiger partial charge in [-0.2, -0.15) is 0 Å². The summed E-state index contributed by atoms with van der Waals surface area (Å²) in [5, 5.41) is 0. The van der Waals surface area contributed by atoms with Gasteiger partial charge in [0.15, 0.2) is 0 Å². The van der Waals surface area contributed by atoms with Gasteiger partial charge in [-0.15, -0.1) is 0 Å². The van der Waals surface area contributed by atoms with Gasteiger partial charge in [-0.25, -0.2) is 4.79 Å². The predicted octanol–water partition coefficient (Wildman–Crippen LogP) is -1.58. The van der Waals surface area contributed by atoms with E-state index in [-0.39, 0.29) is 13.0 Å². The lowest BCUT2D eigenvalue weighted by molar-refractivity contribution is -0.118. The lowest BCUT2D eigenvalue weighted by atomic mass is 10.4. The molecule has 0 aliphatic carbocycles. The summed E-state index contributed by atoms with van der Waals surface area (Å²) in [5.41, 5.74) is 4.05. The van der Waals surface area contributed by atoms with Crippen molar-refractivity contribution in [3.05, 3.63) is 33.1 Å². The van der Waals surface area contributed by atoms with Crippen LogP contribution in [-0.2, 0) is 18.4 Å². The van der Waals surface area contributed by atoms with E-state index in [0.29, 0.717) is 0 Å². The summed E-state index contributed by atoms with van der Waals surface area (Å²) < 4.78 is 2.24. The Kier molecular flexibility index (Phi) is 2.85. The van der Waals surface area contributed by atoms with Crippen LogP contribution in [0.1, 0.15) is 6.42 Å². The first-order valence-corrected chi connectivity index (χ1v) is 4.07. The van der Waals surface area contributed by atoms with E-state index in [9.17, 15) is 14.4 Å². The summed E-state index contributed by atoms with van der Waals surface area (Å²) in [5.74, 6) is -0.539. The number of carbonyl (C=O) groups excluding carboxylic acids is 1. The fraction of sp³-hybridized carbons (Fsp3) is 0.375. The molecule has 1 rings (SSSR count). The number of nitrogens with zero attached hydrogens (tertiary/aromatic N) is 2. The minimum atomic E-state index is -0.539. The molecule has 0 bridgehead atoms. The molecule has 0 unspecified atom stereocenters. The Bertz CT molecular complexity index is 458. The van der Waals surface area contributed by atoms with Crippen LogP contribution in [0.4, 0.5) is 0 Å². The van der Waals surface area contributed by atoms with Gasteiger partial charge in [0.05, 0.1) is 0 Å². The summed E-state index contributed by atoms with van der Waals surface area (Å²) in [6.07, 6.45) is 1.37. The van der Waals surface area contributed by atoms with Gasteiger partial charge in [-0.05, 0) is 0 Å². The monoisotopic (exact) mass is 197 g/mol. The minimum Gasteiger partial charge on any atom is -0.370 e. The Morgan fingerprint density at radius 3 is 2.71 bits per heavy atom. The van der Waals surface area contributed by atoms with E-state index in [0.717, 1.165) is 4.57 Å². The van der Waals surface area contributed by atoms with Crippen LogP contribution < -0.4 is 17.0 Å². The molecule has 0 aromatic carbocycles. The van der Waals surface area contributed by atoms with E-state index in [1.807, 2.05) is 0 Å². The van der Waals surface area contributed by atoms with Gasteiger partial charge in [0.25, 0.3) is 5.56 Å². The number of hydrogen-bond donors (Lipinski definition) is 1. The van der Waals surface area contributed by atoms with Crippen LogP contribution >= 0.6 is 0 Å². The highest BCUT2D eigenvalue weighted by molar-refractivity contribution is 5.73. The predicted molar refractivity (Wildman–Crippen MR) is 49.8 cm³/mol. The summed E-state index contributed by atoms with van der Waals surface area (Å²) >= 11 is 0. The minimum absolute atomic E-state index is 0.0147. The second-order valence-electron chi connectivity index (χ2n) is 2.92. The number of hydrogen-bond acceptors (Lipinski definition) is 3. The molecule has 2 N–H and O–H groups in total. The van der Waals surface area contributed by atoms with Gasteiger partial charge >= 0.3 is 5.69 Å². The second kappa shape index (κ2) is 3.91. The molecule has 0 saturated carbocycles. The lowest BCUT2D eigenvalue weighted by Crippen LogP contribution is -2.38. The molecule has 0 aliphatic rings. The van der Waals surface area contributed by atoms with E-state index in [2.05, 4.69) is 0 Å². The molecule has 1 heterocycles. The highest BCUT2D eigenvalue weighted by atomic mass is 16.2. The maximum Gasteiger partial charge on any atom is 0.330 e. The Morgan fingerprint density at radius 1 is 1.50 bits per heavy atom. The molecule has 0 atom stereocenters. The molecule has 0 radical (unpaired) electrons. The number of rotatable bonds is 3. The number of primary amides is 1. The quantitative estimate of drug-likeness (QED) is 0.634. The Morgan fingerprint density at radius 2 is 2.14 bits per heavy atom. The van der Waals surface area contributed by atoms with Gasteiger partial charge in [-0.1, -0.05) is 0 Å². The molecule has 1 amide bonds. The molecule has 0 fully saturated rings. The highest BCUT2D eigenvalue weighted by Gasteiger charge is 2.03. The molecule has 6 nitrogen and oxygen atoms in total. The summed E-state index contributed by atoms with van der Waals surface area (Å²) in [6.45, 7) is 0.0294. The zero-order valence-electron chi connectivity index (χ0n) is 7.77. The average Bonchev–Trinajstić information content (AvgIpc) is 2.11. The van der Waals surface area contributed by atoms with Crippen molar-refractivity contribution >= 4 is 5.91 Å². The standard InChI is InChI=1S/C8H11N3O3/c1-10-4-3-7(13)11(8(10)14)5-2-6(9)12/h3-4H,2,5H2,1H3,(H2,9,12). The molecule has 14 heavy (non-hydrogen) atoms. The van der Waals surface area contributed by atoms with Crippen LogP contribution in [0.15, 0.2) is 21.9 Å². The van der Waals surface area contributed by atoms with Gasteiger partial charge in [-0.3, -0.25) is 14.2 Å². The number of amides is 1. The van der Waals surface area contributed by atoms with Gasteiger partial charge in [0.2, 0.25) is 5.91 Å². The largest absolute Gasteiger partial charge is 0.370 e. The van der Waals surface area contributed by atoms with Crippen molar-refractivity contribution in [1.29, 1.82) is 0 Å². The van der Waals surface area contributed by atoms with Crippen molar-refractivity contribution in [2.45, 2.75) is 13.0 Å². The third kappa shape index (κ3) is 2.09. The highest BCUT2D eigenvalue weighted by Crippen LogP contribution is 1.80. The van der Waals surface area contributed by atoms with E-state index < -0.39 is 17.2 Å². The zero-order chi connectivity index (χ0) is 10.7. The maximum atomic E-state index is 11.4. The number of aromatic nitrogens is 2. The number of carbonyl (C=O) groups is 1. The van der Waals surface area contributed by atoms with Crippen LogP contribution in [0.2, 0.25) is 0 Å². The average molecular weight is 197 g/mol. The molecule has 0 aliphatic heterocycles. The molecular formula is C8H11N3O3. The van der Waals surface area contributed by atoms with E-state index in [4.69, 9.17) is 5.73 Å². The Balaban J connectivity index is 3.08. The van der Waals surface area contributed by atoms with Crippen molar-refractivity contribution < 1.29 is 4.79 Å². The fourth-order valence-corrected chi connectivity index (χ4v) is 1.04. The molecule has 1 aromatic rings. The molecule has 0 saturated heterocycles. The Labute approximate surface area is 79.6 Å². The second-order valence-corrected chi connectivity index (χ2v) is 2.92. The molecule has 76 valence electrons. The van der Waals surface area contributed by atoms with Crippen molar-refractivity contribution in [2.75, 3.05) is 0 Å². The van der Waals surface area contributed by atoms with Gasteiger partial charge in [0.1, 0.15) is 0 Å². The van der Waals surface area contributed by atoms with Crippen LogP contribution in [0.25, 0.3) is 0 Å². The first-order valence-electron chi connectivity index (χ1n) is 4.07. The van der Waals surface area contributed by atoms with E-state index >= 15 is 0 Å². The summed E-state index contributed by atoms with van der Waals surface area (Å²) in [6, 6.07) is 1.27. The van der Waals surface area contributed by atoms with Crippen LogP contribution in [-0.4, -0.2) is 15.0 Å². The number of nitrogens with two attached hydrogens (primary N) is 1. The first-order chi connectivity index (χ1) is 6.52. The first kappa shape index (κ1) is 10.2. The van der Waals surface area contributed by atoms with Crippen molar-refractivity contribution in [3.8, 4) is 0 Å². The molecule has 0 spiro atoms. The molecule has 1 aromatic heterocycles. The van der Waals surface area contributed by atoms with Crippen LogP contribution in [0, 0.1) is 0 Å². The lowest BCUT2D eigenvalue weighted by Gasteiger charge is -2.04. The zero-order valence-corrected chi connectivity index (χ0v) is 7.77. The number of aryl methyl sites for hydroxylation is 1. The summed E-state index contributed by atoms with van der Waals surface area (Å²) in [7, 11) is 1.53. The third-order valence-corrected chi connectivity index (χ3v) is 1.82. The van der Waals surface area contributed by atoms with Gasteiger partial charge in [0, 0.05) is 32.3 Å². The van der Waals surface area contributed by atoms with Crippen molar-refractivity contribution in [3.63, 3.8) is 0 Å². The van der Waals surface area contributed by atoms with Crippen LogP contribution in [0.3, 0.4) is 0 Å². The van der Waals surface area contributed by atoms with E-state index in [1.54, 1.807) is 0 Å². The van der Waals surface area contributed by atoms with Crippen molar-refractivity contribution in [2.24, 2.45) is 12.8 Å². The summed E-state index contributed by atoms with van der Waals surface area (Å²) in [4.78, 5) is 33.1. The topological polar surface area (TPSA) is 87.1 Å².